The van der Waals surface area contributed by atoms with E-state index >= 15 is 0 Å². The smallest absolute Gasteiger partial charge is 0.315 e. The minimum atomic E-state index is -0.876. The van der Waals surface area contributed by atoms with E-state index in [0.717, 1.165) is 22.3 Å². The summed E-state index contributed by atoms with van der Waals surface area (Å²) in [5, 5.41) is 14.9. The van der Waals surface area contributed by atoms with Crippen LogP contribution in [-0.4, -0.2) is 30.8 Å². The Labute approximate surface area is 140 Å². The Bertz CT molecular complexity index is 738. The first kappa shape index (κ1) is 17.7. The molecule has 0 aliphatic rings. The molecule has 0 aliphatic heterocycles. The van der Waals surface area contributed by atoms with E-state index in [1.807, 2.05) is 32.0 Å². The SMILES string of the molecule is COc1ccc2oc(C(C)NC(=O)NCCCC(=O)O)c(C)c2c1. The number of furan rings is 1. The van der Waals surface area contributed by atoms with Crippen molar-refractivity contribution in [3.63, 3.8) is 0 Å². The molecular weight excluding hydrogens is 312 g/mol. The average molecular weight is 334 g/mol. The number of urea groups is 1. The van der Waals surface area contributed by atoms with Crippen LogP contribution in [-0.2, 0) is 4.79 Å². The molecule has 1 heterocycles. The van der Waals surface area contributed by atoms with Crippen molar-refractivity contribution in [1.82, 2.24) is 10.6 Å². The highest BCUT2D eigenvalue weighted by molar-refractivity contribution is 5.84. The lowest BCUT2D eigenvalue weighted by Gasteiger charge is -2.13. The predicted molar refractivity (Wildman–Crippen MR) is 89.3 cm³/mol. The molecule has 24 heavy (non-hydrogen) atoms. The summed E-state index contributed by atoms with van der Waals surface area (Å²) in [7, 11) is 1.61. The van der Waals surface area contributed by atoms with Gasteiger partial charge in [-0.3, -0.25) is 4.79 Å². The molecule has 1 atom stereocenters. The second-order valence-corrected chi connectivity index (χ2v) is 5.57. The molecule has 1 unspecified atom stereocenters. The second-order valence-electron chi connectivity index (χ2n) is 5.57. The molecule has 0 spiro atoms. The minimum absolute atomic E-state index is 0.0281. The van der Waals surface area contributed by atoms with E-state index < -0.39 is 5.97 Å². The first-order valence-corrected chi connectivity index (χ1v) is 7.75. The molecule has 7 nitrogen and oxygen atoms in total. The Balaban J connectivity index is 2.00. The number of aryl methyl sites for hydroxylation is 1. The Hall–Kier alpha value is -2.70. The van der Waals surface area contributed by atoms with Gasteiger partial charge >= 0.3 is 12.0 Å². The number of methoxy groups -OCH3 is 1. The van der Waals surface area contributed by atoms with Crippen molar-refractivity contribution < 1.29 is 23.8 Å². The Morgan fingerprint density at radius 3 is 2.79 bits per heavy atom. The zero-order chi connectivity index (χ0) is 17.7. The molecule has 0 fully saturated rings. The monoisotopic (exact) mass is 334 g/mol. The van der Waals surface area contributed by atoms with Crippen LogP contribution in [0.1, 0.15) is 37.1 Å². The van der Waals surface area contributed by atoms with E-state index in [9.17, 15) is 9.59 Å². The number of nitrogens with one attached hydrogen (secondary N) is 2. The second kappa shape index (κ2) is 7.72. The number of rotatable bonds is 7. The maximum Gasteiger partial charge on any atom is 0.315 e. The summed E-state index contributed by atoms with van der Waals surface area (Å²) in [5.74, 6) is 0.549. The fraction of sp³-hybridized carbons (Fsp3) is 0.412. The first-order chi connectivity index (χ1) is 11.4. The largest absolute Gasteiger partial charge is 0.497 e. The van der Waals surface area contributed by atoms with Crippen molar-refractivity contribution in [1.29, 1.82) is 0 Å². The molecule has 2 rings (SSSR count). The Morgan fingerprint density at radius 1 is 1.38 bits per heavy atom. The van der Waals surface area contributed by atoms with Gasteiger partial charge in [-0.2, -0.15) is 0 Å². The molecule has 1 aromatic carbocycles. The number of hydrogen-bond acceptors (Lipinski definition) is 4. The molecule has 130 valence electrons. The zero-order valence-electron chi connectivity index (χ0n) is 14.0. The number of amides is 2. The maximum atomic E-state index is 11.9. The number of carbonyl (C=O) groups is 2. The van der Waals surface area contributed by atoms with E-state index in [1.54, 1.807) is 7.11 Å². The van der Waals surface area contributed by atoms with Crippen molar-refractivity contribution >= 4 is 23.0 Å². The number of ether oxygens (including phenoxy) is 1. The van der Waals surface area contributed by atoms with Crippen LogP contribution < -0.4 is 15.4 Å². The third kappa shape index (κ3) is 4.18. The van der Waals surface area contributed by atoms with E-state index in [-0.39, 0.29) is 18.5 Å². The number of carboxylic acids is 1. The minimum Gasteiger partial charge on any atom is -0.497 e. The highest BCUT2D eigenvalue weighted by Crippen LogP contribution is 2.31. The van der Waals surface area contributed by atoms with Gasteiger partial charge < -0.3 is 24.9 Å². The summed E-state index contributed by atoms with van der Waals surface area (Å²) in [5.41, 5.74) is 1.68. The molecule has 3 N–H and O–H groups in total. The molecule has 0 saturated heterocycles. The van der Waals surface area contributed by atoms with E-state index in [2.05, 4.69) is 10.6 Å². The molecule has 0 bridgehead atoms. The topological polar surface area (TPSA) is 101 Å². The van der Waals surface area contributed by atoms with Crippen LogP contribution in [0.5, 0.6) is 5.75 Å². The first-order valence-electron chi connectivity index (χ1n) is 7.75. The van der Waals surface area contributed by atoms with Gasteiger partial charge in [-0.25, -0.2) is 4.79 Å². The number of aliphatic carboxylic acids is 1. The van der Waals surface area contributed by atoms with Crippen molar-refractivity contribution in [2.75, 3.05) is 13.7 Å². The molecule has 2 amide bonds. The van der Waals surface area contributed by atoms with Gasteiger partial charge in [0.15, 0.2) is 0 Å². The van der Waals surface area contributed by atoms with E-state index in [1.165, 1.54) is 0 Å². The van der Waals surface area contributed by atoms with Gasteiger partial charge in [0.1, 0.15) is 17.1 Å². The standard InChI is InChI=1S/C17H22N2O5/c1-10-13-9-12(23-3)6-7-14(13)24-16(10)11(2)19-17(22)18-8-4-5-15(20)21/h6-7,9,11H,4-5,8H2,1-3H3,(H,20,21)(H2,18,19,22). The number of hydrogen-bond donors (Lipinski definition) is 3. The fourth-order valence-electron chi connectivity index (χ4n) is 2.51. The van der Waals surface area contributed by atoms with Crippen molar-refractivity contribution in [3.05, 3.63) is 29.5 Å². The number of carbonyl (C=O) groups excluding carboxylic acids is 1. The van der Waals surface area contributed by atoms with Gasteiger partial charge in [0, 0.05) is 23.9 Å². The summed E-state index contributed by atoms with van der Waals surface area (Å²) in [4.78, 5) is 22.3. The normalized spacial score (nSPS) is 12.0. The van der Waals surface area contributed by atoms with Crippen LogP contribution in [0.3, 0.4) is 0 Å². The molecular formula is C17H22N2O5. The van der Waals surface area contributed by atoms with Gasteiger partial charge in [0.05, 0.1) is 13.2 Å². The van der Waals surface area contributed by atoms with Crippen LogP contribution in [0.15, 0.2) is 22.6 Å². The lowest BCUT2D eigenvalue weighted by Crippen LogP contribution is -2.37. The highest BCUT2D eigenvalue weighted by Gasteiger charge is 2.18. The number of benzene rings is 1. The van der Waals surface area contributed by atoms with Gasteiger partial charge in [-0.15, -0.1) is 0 Å². The lowest BCUT2D eigenvalue weighted by molar-refractivity contribution is -0.137. The van der Waals surface area contributed by atoms with Crippen molar-refractivity contribution in [2.24, 2.45) is 0 Å². The molecule has 0 saturated carbocycles. The van der Waals surface area contributed by atoms with Crippen molar-refractivity contribution in [2.45, 2.75) is 32.7 Å². The maximum absolute atomic E-state index is 11.9. The van der Waals surface area contributed by atoms with Crippen LogP contribution in [0.25, 0.3) is 11.0 Å². The predicted octanol–water partition coefficient (Wildman–Crippen LogP) is 2.97. The summed E-state index contributed by atoms with van der Waals surface area (Å²) in [6, 6.07) is 4.88. The Kier molecular flexibility index (Phi) is 5.68. The molecule has 0 radical (unpaired) electrons. The van der Waals surface area contributed by atoms with Crippen LogP contribution in [0, 0.1) is 6.92 Å². The van der Waals surface area contributed by atoms with Gasteiger partial charge in [-0.1, -0.05) is 0 Å². The van der Waals surface area contributed by atoms with Gasteiger partial charge in [0.25, 0.3) is 0 Å². The van der Waals surface area contributed by atoms with Crippen LogP contribution in [0.2, 0.25) is 0 Å². The average Bonchev–Trinajstić information content (AvgIpc) is 2.88. The molecule has 1 aromatic heterocycles. The van der Waals surface area contributed by atoms with Crippen molar-refractivity contribution in [3.8, 4) is 5.75 Å². The van der Waals surface area contributed by atoms with E-state index in [0.29, 0.717) is 18.7 Å². The third-order valence-corrected chi connectivity index (χ3v) is 3.77. The number of carboxylic acid groups (broad SMARTS) is 1. The lowest BCUT2D eigenvalue weighted by atomic mass is 10.1. The molecule has 0 aliphatic carbocycles. The third-order valence-electron chi connectivity index (χ3n) is 3.77. The molecule has 2 aromatic rings. The fourth-order valence-corrected chi connectivity index (χ4v) is 2.51. The van der Waals surface area contributed by atoms with E-state index in [4.69, 9.17) is 14.3 Å². The molecule has 7 heteroatoms. The Morgan fingerprint density at radius 2 is 2.12 bits per heavy atom. The zero-order valence-corrected chi connectivity index (χ0v) is 14.0. The summed E-state index contributed by atoms with van der Waals surface area (Å²) < 4.78 is 11.1. The van der Waals surface area contributed by atoms with Crippen LogP contribution >= 0.6 is 0 Å². The highest BCUT2D eigenvalue weighted by atomic mass is 16.5. The summed E-state index contributed by atoms with van der Waals surface area (Å²) in [6.45, 7) is 4.07. The summed E-state index contributed by atoms with van der Waals surface area (Å²) >= 11 is 0. The van der Waals surface area contributed by atoms with Gasteiger partial charge in [0.2, 0.25) is 0 Å². The van der Waals surface area contributed by atoms with Crippen LogP contribution in [0.4, 0.5) is 4.79 Å². The number of fused-ring (bicyclic) bond motifs is 1. The van der Waals surface area contributed by atoms with Gasteiger partial charge in [-0.05, 0) is 38.5 Å². The quantitative estimate of drug-likeness (QED) is 0.676. The summed E-state index contributed by atoms with van der Waals surface area (Å²) in [6.07, 6.45) is 0.418.